The van der Waals surface area contributed by atoms with Crippen LogP contribution >= 0.6 is 0 Å². The van der Waals surface area contributed by atoms with Gasteiger partial charge in [0.2, 0.25) is 0 Å². The summed E-state index contributed by atoms with van der Waals surface area (Å²) in [6.45, 7) is 9.50. The fourth-order valence-corrected chi connectivity index (χ4v) is 3.65. The molecule has 0 aromatic carbocycles. The number of hydrogen-bond donors (Lipinski definition) is 4. The second-order valence-electron chi connectivity index (χ2n) is 10.3. The quantitative estimate of drug-likeness (QED) is 0.142. The Labute approximate surface area is 200 Å². The van der Waals surface area contributed by atoms with Gasteiger partial charge in [0.25, 0.3) is 0 Å². The first-order valence-electron chi connectivity index (χ1n) is 13.6. The van der Waals surface area contributed by atoms with Gasteiger partial charge in [-0.15, -0.1) is 0 Å². The fraction of sp³-hybridized carbons (Fsp3) is 0.963. The van der Waals surface area contributed by atoms with Crippen molar-refractivity contribution in [3.63, 3.8) is 0 Å². The van der Waals surface area contributed by atoms with E-state index in [-0.39, 0.29) is 5.54 Å². The van der Waals surface area contributed by atoms with Crippen molar-refractivity contribution in [1.82, 2.24) is 0 Å². The van der Waals surface area contributed by atoms with E-state index < -0.39 is 12.0 Å². The first-order chi connectivity index (χ1) is 15.2. The van der Waals surface area contributed by atoms with Gasteiger partial charge < -0.3 is 22.3 Å². The van der Waals surface area contributed by atoms with E-state index in [4.69, 9.17) is 22.3 Å². The van der Waals surface area contributed by atoms with E-state index in [0.29, 0.717) is 18.9 Å². The maximum atomic E-state index is 10.1. The van der Waals surface area contributed by atoms with Crippen molar-refractivity contribution in [2.45, 2.75) is 155 Å². The Morgan fingerprint density at radius 1 is 0.750 bits per heavy atom. The zero-order valence-electron chi connectivity index (χ0n) is 22.2. The molecule has 194 valence electrons. The van der Waals surface area contributed by atoms with Crippen LogP contribution in [0.1, 0.15) is 143 Å². The van der Waals surface area contributed by atoms with Gasteiger partial charge in [-0.3, -0.25) is 4.79 Å². The van der Waals surface area contributed by atoms with Crippen molar-refractivity contribution in [3.05, 3.63) is 0 Å². The van der Waals surface area contributed by atoms with Crippen LogP contribution in [-0.2, 0) is 4.79 Å². The molecular formula is C27H59N3O2. The van der Waals surface area contributed by atoms with Gasteiger partial charge in [0.15, 0.2) is 0 Å². The summed E-state index contributed by atoms with van der Waals surface area (Å²) in [4.78, 5) is 10.1. The molecule has 0 aliphatic carbocycles. The summed E-state index contributed by atoms with van der Waals surface area (Å²) in [5, 5.41) is 8.33. The third-order valence-corrected chi connectivity index (χ3v) is 6.55. The van der Waals surface area contributed by atoms with Gasteiger partial charge in [0, 0.05) is 5.54 Å². The van der Waals surface area contributed by atoms with Crippen LogP contribution < -0.4 is 17.2 Å². The number of hydrogen-bond acceptors (Lipinski definition) is 4. The second kappa shape index (κ2) is 23.5. The van der Waals surface area contributed by atoms with E-state index in [0.717, 1.165) is 12.8 Å². The summed E-state index contributed by atoms with van der Waals surface area (Å²) in [5.74, 6) is -0.290. The van der Waals surface area contributed by atoms with Crippen molar-refractivity contribution < 1.29 is 9.90 Å². The molecule has 0 rings (SSSR count). The van der Waals surface area contributed by atoms with Crippen LogP contribution in [-0.4, -0.2) is 29.2 Å². The molecular weight excluding hydrogens is 398 g/mol. The van der Waals surface area contributed by atoms with Crippen LogP contribution in [0.2, 0.25) is 0 Å². The van der Waals surface area contributed by atoms with Gasteiger partial charge in [0.05, 0.1) is 0 Å². The van der Waals surface area contributed by atoms with Gasteiger partial charge in [0.1, 0.15) is 6.04 Å². The van der Waals surface area contributed by atoms with E-state index in [9.17, 15) is 4.79 Å². The maximum Gasteiger partial charge on any atom is 0.320 e. The van der Waals surface area contributed by atoms with Gasteiger partial charge in [-0.25, -0.2) is 0 Å². The van der Waals surface area contributed by atoms with Crippen molar-refractivity contribution in [1.29, 1.82) is 0 Å². The average Bonchev–Trinajstić information content (AvgIpc) is 2.73. The topological polar surface area (TPSA) is 115 Å². The number of unbranched alkanes of at least 4 members (excludes halogenated alkanes) is 14. The summed E-state index contributed by atoms with van der Waals surface area (Å²) >= 11 is 0. The van der Waals surface area contributed by atoms with Crippen LogP contribution in [0.15, 0.2) is 0 Å². The molecule has 5 heteroatoms. The molecule has 7 N–H and O–H groups in total. The van der Waals surface area contributed by atoms with Crippen LogP contribution in [0, 0.1) is 5.92 Å². The highest BCUT2D eigenvalue weighted by atomic mass is 16.4. The number of carboxylic acids is 1. The lowest BCUT2D eigenvalue weighted by molar-refractivity contribution is -0.138. The molecule has 0 aromatic heterocycles. The minimum absolute atomic E-state index is 0.00343. The Morgan fingerprint density at radius 2 is 1.12 bits per heavy atom. The average molecular weight is 458 g/mol. The summed E-state index contributed by atoms with van der Waals surface area (Å²) < 4.78 is 0. The fourth-order valence-electron chi connectivity index (χ4n) is 3.65. The molecule has 2 unspecified atom stereocenters. The Morgan fingerprint density at radius 3 is 1.47 bits per heavy atom. The Hall–Kier alpha value is -0.650. The van der Waals surface area contributed by atoms with E-state index >= 15 is 0 Å². The minimum atomic E-state index is -0.933. The van der Waals surface area contributed by atoms with E-state index in [1.807, 2.05) is 0 Å². The van der Waals surface area contributed by atoms with Crippen LogP contribution in [0.3, 0.4) is 0 Å². The first-order valence-corrected chi connectivity index (χ1v) is 13.6. The molecule has 5 nitrogen and oxygen atoms in total. The Kier molecular flexibility index (Phi) is 24.6. The van der Waals surface area contributed by atoms with E-state index in [1.54, 1.807) is 0 Å². The molecule has 0 amide bonds. The Bertz CT molecular complexity index is 397. The standard InChI is InChI=1S/C21H45N.C6H14N2O2/c1-5-6-7-8-9-10-11-12-13-14-15-16-17-18-19-20(2)21(3,4)22;7-4-2-1-3-5(8)6(9)10/h20H,5-19,22H2,1-4H3;5H,1-4,7-8H2,(H,9,10). The molecule has 0 saturated heterocycles. The molecule has 0 radical (unpaired) electrons. The largest absolute Gasteiger partial charge is 0.480 e. The molecule has 0 bridgehead atoms. The summed E-state index contributed by atoms with van der Waals surface area (Å²) in [7, 11) is 0. The number of carboxylic acid groups (broad SMARTS) is 1. The molecule has 0 aliphatic heterocycles. The van der Waals surface area contributed by atoms with Gasteiger partial charge in [-0.05, 0) is 45.6 Å². The van der Waals surface area contributed by atoms with Gasteiger partial charge >= 0.3 is 5.97 Å². The number of rotatable bonds is 21. The summed E-state index contributed by atoms with van der Waals surface area (Å²) in [6, 6.07) is -0.716. The summed E-state index contributed by atoms with van der Waals surface area (Å²) in [6.07, 6.45) is 23.6. The third kappa shape index (κ3) is 25.6. The number of nitrogens with two attached hydrogens (primary N) is 3. The summed E-state index contributed by atoms with van der Waals surface area (Å²) in [5.41, 5.74) is 16.5. The normalized spacial score (nSPS) is 13.3. The number of aliphatic carboxylic acids is 1. The molecule has 0 heterocycles. The Balaban J connectivity index is 0. The maximum absolute atomic E-state index is 10.1. The van der Waals surface area contributed by atoms with Crippen molar-refractivity contribution in [2.24, 2.45) is 23.1 Å². The highest BCUT2D eigenvalue weighted by Gasteiger charge is 2.19. The molecule has 0 fully saturated rings. The molecule has 0 spiro atoms. The molecule has 2 atom stereocenters. The van der Waals surface area contributed by atoms with Crippen molar-refractivity contribution in [2.75, 3.05) is 6.54 Å². The lowest BCUT2D eigenvalue weighted by atomic mass is 9.86. The zero-order chi connectivity index (χ0) is 24.7. The third-order valence-electron chi connectivity index (χ3n) is 6.55. The molecule has 0 aliphatic rings. The van der Waals surface area contributed by atoms with Crippen LogP contribution in [0.25, 0.3) is 0 Å². The smallest absolute Gasteiger partial charge is 0.320 e. The van der Waals surface area contributed by atoms with E-state index in [1.165, 1.54) is 96.3 Å². The lowest BCUT2D eigenvalue weighted by Crippen LogP contribution is -2.39. The lowest BCUT2D eigenvalue weighted by Gasteiger charge is -2.27. The molecule has 0 aromatic rings. The predicted octanol–water partition coefficient (Wildman–Crippen LogP) is 6.76. The van der Waals surface area contributed by atoms with Gasteiger partial charge in [-0.2, -0.15) is 0 Å². The van der Waals surface area contributed by atoms with Crippen LogP contribution in [0.4, 0.5) is 0 Å². The highest BCUT2D eigenvalue weighted by Crippen LogP contribution is 2.20. The van der Waals surface area contributed by atoms with Crippen molar-refractivity contribution in [3.8, 4) is 0 Å². The monoisotopic (exact) mass is 457 g/mol. The van der Waals surface area contributed by atoms with Crippen molar-refractivity contribution >= 4 is 5.97 Å². The highest BCUT2D eigenvalue weighted by molar-refractivity contribution is 5.72. The van der Waals surface area contributed by atoms with E-state index in [2.05, 4.69) is 27.7 Å². The minimum Gasteiger partial charge on any atom is -0.480 e. The second-order valence-corrected chi connectivity index (χ2v) is 10.3. The van der Waals surface area contributed by atoms with Gasteiger partial charge in [-0.1, -0.05) is 110 Å². The molecule has 32 heavy (non-hydrogen) atoms. The SMILES string of the molecule is CCCCCCCCCCCCCCCCC(C)C(C)(C)N.NCCCCC(N)C(=O)O. The molecule has 0 saturated carbocycles. The van der Waals surface area contributed by atoms with Crippen LogP contribution in [0.5, 0.6) is 0 Å². The predicted molar refractivity (Wildman–Crippen MR) is 141 cm³/mol. The first kappa shape index (κ1) is 33.5. The zero-order valence-corrected chi connectivity index (χ0v) is 22.2. The number of carbonyl (C=O) groups is 1.